The third-order valence-corrected chi connectivity index (χ3v) is 5.77. The Kier molecular flexibility index (Phi) is 7.31. The van der Waals surface area contributed by atoms with Crippen LogP contribution in [0.3, 0.4) is 0 Å². The molecule has 4 amide bonds. The van der Waals surface area contributed by atoms with Crippen LogP contribution < -0.4 is 19.7 Å². The van der Waals surface area contributed by atoms with Crippen LogP contribution in [0, 0.1) is 6.92 Å². The molecule has 0 bridgehead atoms. The molecule has 1 heterocycles. The van der Waals surface area contributed by atoms with Crippen LogP contribution in [-0.2, 0) is 16.2 Å². The molecule has 3 aromatic carbocycles. The molecule has 1 aliphatic heterocycles. The van der Waals surface area contributed by atoms with E-state index in [0.29, 0.717) is 36.0 Å². The van der Waals surface area contributed by atoms with Crippen LogP contribution in [0.2, 0.25) is 0 Å². The van der Waals surface area contributed by atoms with Crippen molar-refractivity contribution < 1.29 is 23.9 Å². The van der Waals surface area contributed by atoms with E-state index in [1.54, 1.807) is 42.5 Å². The zero-order valence-corrected chi connectivity index (χ0v) is 20.8. The number of carbonyl (C=O) groups is 3. The van der Waals surface area contributed by atoms with Gasteiger partial charge in [-0.05, 0) is 67.4 Å². The summed E-state index contributed by atoms with van der Waals surface area (Å²) in [6.07, 6.45) is 1.43. The lowest BCUT2D eigenvalue weighted by Crippen LogP contribution is -2.54. The number of nitrogens with zero attached hydrogens (tertiary/aromatic N) is 1. The number of anilines is 1. The van der Waals surface area contributed by atoms with Gasteiger partial charge in [-0.2, -0.15) is 0 Å². The average molecular weight is 535 g/mol. The van der Waals surface area contributed by atoms with Crippen molar-refractivity contribution in [3.05, 3.63) is 93.5 Å². The molecular formula is C27H23BrN2O5. The number of barbiturate groups is 1. The van der Waals surface area contributed by atoms with Gasteiger partial charge >= 0.3 is 6.03 Å². The van der Waals surface area contributed by atoms with E-state index in [1.807, 2.05) is 38.1 Å². The van der Waals surface area contributed by atoms with Crippen molar-refractivity contribution in [1.29, 1.82) is 0 Å². The molecule has 3 aromatic rings. The minimum Gasteiger partial charge on any atom is -0.490 e. The van der Waals surface area contributed by atoms with Crippen LogP contribution in [0.1, 0.15) is 23.6 Å². The van der Waals surface area contributed by atoms with Crippen molar-refractivity contribution in [3.8, 4) is 11.5 Å². The van der Waals surface area contributed by atoms with Gasteiger partial charge in [0.25, 0.3) is 11.8 Å². The lowest BCUT2D eigenvalue weighted by molar-refractivity contribution is -0.122. The van der Waals surface area contributed by atoms with Crippen LogP contribution >= 0.6 is 15.9 Å². The predicted molar refractivity (Wildman–Crippen MR) is 136 cm³/mol. The van der Waals surface area contributed by atoms with E-state index < -0.39 is 17.8 Å². The van der Waals surface area contributed by atoms with E-state index in [0.717, 1.165) is 20.5 Å². The number of hydrogen-bond acceptors (Lipinski definition) is 5. The van der Waals surface area contributed by atoms with Crippen molar-refractivity contribution >= 4 is 45.5 Å². The molecule has 1 aliphatic rings. The van der Waals surface area contributed by atoms with Gasteiger partial charge in [0.2, 0.25) is 0 Å². The van der Waals surface area contributed by atoms with Gasteiger partial charge in [-0.1, -0.05) is 51.8 Å². The van der Waals surface area contributed by atoms with Crippen LogP contribution in [0.25, 0.3) is 6.08 Å². The average Bonchev–Trinajstić information content (AvgIpc) is 2.82. The molecule has 0 atom stereocenters. The summed E-state index contributed by atoms with van der Waals surface area (Å²) < 4.78 is 12.5. The van der Waals surface area contributed by atoms with Crippen LogP contribution in [-0.4, -0.2) is 24.5 Å². The maximum atomic E-state index is 13.1. The van der Waals surface area contributed by atoms with E-state index >= 15 is 0 Å². The van der Waals surface area contributed by atoms with E-state index in [4.69, 9.17) is 9.47 Å². The maximum absolute atomic E-state index is 13.1. The summed E-state index contributed by atoms with van der Waals surface area (Å²) >= 11 is 3.33. The molecule has 0 aliphatic carbocycles. The Labute approximate surface area is 211 Å². The number of benzene rings is 3. The molecule has 178 valence electrons. The number of halogens is 1. The Morgan fingerprint density at radius 3 is 2.43 bits per heavy atom. The number of urea groups is 1. The van der Waals surface area contributed by atoms with Gasteiger partial charge in [0.05, 0.1) is 12.3 Å². The van der Waals surface area contributed by atoms with E-state index in [9.17, 15) is 14.4 Å². The first kappa shape index (κ1) is 24.2. The Morgan fingerprint density at radius 2 is 1.71 bits per heavy atom. The lowest BCUT2D eigenvalue weighted by Gasteiger charge is -2.26. The van der Waals surface area contributed by atoms with Gasteiger partial charge in [0.15, 0.2) is 11.5 Å². The summed E-state index contributed by atoms with van der Waals surface area (Å²) in [5, 5.41) is 2.23. The summed E-state index contributed by atoms with van der Waals surface area (Å²) in [5.74, 6) is -0.439. The Morgan fingerprint density at radius 1 is 0.943 bits per heavy atom. The van der Waals surface area contributed by atoms with Crippen LogP contribution in [0.5, 0.6) is 11.5 Å². The second kappa shape index (κ2) is 10.6. The number of aryl methyl sites for hydroxylation is 1. The summed E-state index contributed by atoms with van der Waals surface area (Å²) in [5.41, 5.74) is 2.91. The molecule has 0 aromatic heterocycles. The molecular weight excluding hydrogens is 512 g/mol. The zero-order valence-electron chi connectivity index (χ0n) is 19.2. The molecule has 8 heteroatoms. The second-order valence-corrected chi connectivity index (χ2v) is 8.77. The van der Waals surface area contributed by atoms with Gasteiger partial charge in [0, 0.05) is 4.47 Å². The Hall–Kier alpha value is -3.91. The smallest absolute Gasteiger partial charge is 0.335 e. The molecule has 1 fully saturated rings. The predicted octanol–water partition coefficient (Wildman–Crippen LogP) is 5.40. The van der Waals surface area contributed by atoms with Crippen molar-refractivity contribution in [2.24, 2.45) is 0 Å². The third-order valence-electron chi connectivity index (χ3n) is 5.24. The summed E-state index contributed by atoms with van der Waals surface area (Å²) in [6.45, 7) is 4.65. The molecule has 0 radical (unpaired) electrons. The molecule has 1 N–H and O–H groups in total. The van der Waals surface area contributed by atoms with Crippen LogP contribution in [0.15, 0.2) is 76.8 Å². The molecule has 35 heavy (non-hydrogen) atoms. The number of imide groups is 2. The number of rotatable bonds is 7. The van der Waals surface area contributed by atoms with Crippen molar-refractivity contribution in [3.63, 3.8) is 0 Å². The normalized spacial score (nSPS) is 14.8. The Bertz CT molecular complexity index is 1320. The first-order valence-corrected chi connectivity index (χ1v) is 11.8. The fourth-order valence-corrected chi connectivity index (χ4v) is 3.88. The van der Waals surface area contributed by atoms with E-state index in [2.05, 4.69) is 21.2 Å². The fraction of sp³-hybridized carbons (Fsp3) is 0.148. The standard InChI is InChI=1S/C27H23BrN2O5/c1-3-34-24-15-18(7-12-23(24)35-16-19-6-4-5-17(2)13-19)14-22-25(31)29-27(33)30(26(22)32)21-10-8-20(28)9-11-21/h4-15H,3,16H2,1-2H3,(H,29,31,33)/b22-14+. The highest BCUT2D eigenvalue weighted by atomic mass is 79.9. The minimum atomic E-state index is -0.797. The largest absolute Gasteiger partial charge is 0.490 e. The van der Waals surface area contributed by atoms with Gasteiger partial charge in [-0.3, -0.25) is 14.9 Å². The number of carbonyl (C=O) groups excluding carboxylic acids is 3. The molecule has 7 nitrogen and oxygen atoms in total. The Balaban J connectivity index is 1.61. The third kappa shape index (κ3) is 5.60. The monoisotopic (exact) mass is 534 g/mol. The van der Waals surface area contributed by atoms with Gasteiger partial charge in [0.1, 0.15) is 12.2 Å². The van der Waals surface area contributed by atoms with Crippen molar-refractivity contribution in [2.75, 3.05) is 11.5 Å². The quantitative estimate of drug-likeness (QED) is 0.324. The summed E-state index contributed by atoms with van der Waals surface area (Å²) in [6, 6.07) is 19.0. The first-order chi connectivity index (χ1) is 16.9. The van der Waals surface area contributed by atoms with Gasteiger partial charge < -0.3 is 9.47 Å². The minimum absolute atomic E-state index is 0.164. The highest BCUT2D eigenvalue weighted by Crippen LogP contribution is 2.31. The topological polar surface area (TPSA) is 84.9 Å². The number of hydrogen-bond donors (Lipinski definition) is 1. The SMILES string of the molecule is CCOc1cc(/C=C2\C(=O)NC(=O)N(c3ccc(Br)cc3)C2=O)ccc1OCc1cccc(C)c1. The highest BCUT2D eigenvalue weighted by Gasteiger charge is 2.36. The van der Waals surface area contributed by atoms with Crippen molar-refractivity contribution in [2.45, 2.75) is 20.5 Å². The van der Waals surface area contributed by atoms with E-state index in [1.165, 1.54) is 6.08 Å². The first-order valence-electron chi connectivity index (χ1n) is 11.0. The number of ether oxygens (including phenoxy) is 2. The molecule has 0 unspecified atom stereocenters. The molecule has 4 rings (SSSR count). The zero-order chi connectivity index (χ0) is 24.9. The fourth-order valence-electron chi connectivity index (χ4n) is 3.61. The second-order valence-electron chi connectivity index (χ2n) is 7.85. The van der Waals surface area contributed by atoms with Crippen molar-refractivity contribution in [1.82, 2.24) is 5.32 Å². The highest BCUT2D eigenvalue weighted by molar-refractivity contribution is 9.10. The maximum Gasteiger partial charge on any atom is 0.335 e. The number of amides is 4. The lowest BCUT2D eigenvalue weighted by atomic mass is 10.1. The van der Waals surface area contributed by atoms with Crippen LogP contribution in [0.4, 0.5) is 10.5 Å². The van der Waals surface area contributed by atoms with Gasteiger partial charge in [-0.25, -0.2) is 9.69 Å². The molecule has 0 saturated carbocycles. The summed E-state index contributed by atoms with van der Waals surface area (Å²) in [4.78, 5) is 38.9. The summed E-state index contributed by atoms with van der Waals surface area (Å²) in [7, 11) is 0. The van der Waals surface area contributed by atoms with E-state index in [-0.39, 0.29) is 5.57 Å². The molecule has 0 spiro atoms. The number of nitrogens with one attached hydrogen (secondary N) is 1. The molecule has 1 saturated heterocycles. The van der Waals surface area contributed by atoms with Gasteiger partial charge in [-0.15, -0.1) is 0 Å².